The lowest BCUT2D eigenvalue weighted by molar-refractivity contribution is -0.158. The quantitative estimate of drug-likeness (QED) is 0.740. The maximum absolute atomic E-state index is 11.9. The van der Waals surface area contributed by atoms with Gasteiger partial charge in [-0.3, -0.25) is 9.59 Å². The highest BCUT2D eigenvalue weighted by atomic mass is 16.3. The van der Waals surface area contributed by atoms with Crippen molar-refractivity contribution in [3.8, 4) is 0 Å². The fourth-order valence-electron chi connectivity index (χ4n) is 2.89. The maximum Gasteiger partial charge on any atom is 0.312 e. The van der Waals surface area contributed by atoms with Gasteiger partial charge in [0, 0.05) is 26.2 Å². The van der Waals surface area contributed by atoms with Crippen molar-refractivity contribution in [2.24, 2.45) is 0 Å². The minimum atomic E-state index is -0.775. The van der Waals surface area contributed by atoms with Gasteiger partial charge in [-0.1, -0.05) is 19.3 Å². The van der Waals surface area contributed by atoms with Crippen LogP contribution in [0.5, 0.6) is 0 Å². The van der Waals surface area contributed by atoms with E-state index in [1.54, 1.807) is 4.90 Å². The molecule has 102 valence electrons. The van der Waals surface area contributed by atoms with Crippen LogP contribution in [0.4, 0.5) is 0 Å². The average molecular weight is 254 g/mol. The predicted octanol–water partition coefficient (Wildman–Crippen LogP) is 0.372. The average Bonchev–Trinajstić information content (AvgIpc) is 2.36. The van der Waals surface area contributed by atoms with Gasteiger partial charge in [0.2, 0.25) is 0 Å². The third-order valence-corrected chi connectivity index (χ3v) is 4.05. The van der Waals surface area contributed by atoms with Crippen LogP contribution < -0.4 is 0 Å². The van der Waals surface area contributed by atoms with Gasteiger partial charge >= 0.3 is 11.8 Å². The smallest absolute Gasteiger partial charge is 0.312 e. The number of nitrogens with zero attached hydrogens (tertiary/aromatic N) is 2. The van der Waals surface area contributed by atoms with E-state index in [9.17, 15) is 14.7 Å². The van der Waals surface area contributed by atoms with Crippen LogP contribution in [0.3, 0.4) is 0 Å². The molecule has 5 heteroatoms. The van der Waals surface area contributed by atoms with Crippen LogP contribution in [0.25, 0.3) is 0 Å². The van der Waals surface area contributed by atoms with Gasteiger partial charge in [-0.15, -0.1) is 0 Å². The molecule has 0 aromatic heterocycles. The van der Waals surface area contributed by atoms with E-state index in [-0.39, 0.29) is 0 Å². The molecule has 0 atom stereocenters. The second-order valence-electron chi connectivity index (χ2n) is 5.40. The van der Waals surface area contributed by atoms with Gasteiger partial charge in [-0.25, -0.2) is 0 Å². The normalized spacial score (nSPS) is 24.6. The second-order valence-corrected chi connectivity index (χ2v) is 5.40. The summed E-state index contributed by atoms with van der Waals surface area (Å²) in [6.07, 6.45) is 4.64. The molecule has 0 radical (unpaired) electrons. The number of likely N-dealkylation sites (N-methyl/N-ethyl adjacent to an activating group) is 1. The first-order chi connectivity index (χ1) is 8.56. The lowest BCUT2D eigenvalue weighted by Crippen LogP contribution is -2.58. The van der Waals surface area contributed by atoms with E-state index in [1.165, 1.54) is 4.90 Å². The van der Waals surface area contributed by atoms with Crippen LogP contribution in [0, 0.1) is 0 Å². The molecule has 1 N–H and O–H groups in total. The molecule has 18 heavy (non-hydrogen) atoms. The van der Waals surface area contributed by atoms with Gasteiger partial charge in [0.1, 0.15) is 0 Å². The largest absolute Gasteiger partial charge is 0.388 e. The maximum atomic E-state index is 11.9. The summed E-state index contributed by atoms with van der Waals surface area (Å²) < 4.78 is 0. The number of piperazine rings is 1. The number of carbonyl (C=O) groups excluding carboxylic acids is 2. The van der Waals surface area contributed by atoms with Crippen molar-refractivity contribution in [2.45, 2.75) is 44.6 Å². The monoisotopic (exact) mass is 254 g/mol. The Balaban J connectivity index is 1.98. The van der Waals surface area contributed by atoms with Gasteiger partial charge in [-0.05, 0) is 19.8 Å². The molecule has 2 fully saturated rings. The summed E-state index contributed by atoms with van der Waals surface area (Å²) >= 11 is 0. The van der Waals surface area contributed by atoms with Gasteiger partial charge in [-0.2, -0.15) is 0 Å². The molecule has 0 aromatic rings. The Kier molecular flexibility index (Phi) is 3.90. The van der Waals surface area contributed by atoms with Crippen LogP contribution in [0.2, 0.25) is 0 Å². The standard InChI is InChI=1S/C13H22N2O3/c1-2-14-8-9-15(12(17)11(14)16)10-13(18)6-4-3-5-7-13/h18H,2-10H2,1H3. The number of hydrogen-bond donors (Lipinski definition) is 1. The summed E-state index contributed by atoms with van der Waals surface area (Å²) in [5.41, 5.74) is -0.775. The summed E-state index contributed by atoms with van der Waals surface area (Å²) in [4.78, 5) is 26.8. The van der Waals surface area contributed by atoms with Crippen LogP contribution in [0.1, 0.15) is 39.0 Å². The van der Waals surface area contributed by atoms with Gasteiger partial charge in [0.25, 0.3) is 0 Å². The van der Waals surface area contributed by atoms with Crippen LogP contribution in [-0.2, 0) is 9.59 Å². The molecule has 1 saturated heterocycles. The molecule has 0 bridgehead atoms. The second kappa shape index (κ2) is 5.26. The minimum Gasteiger partial charge on any atom is -0.388 e. The third kappa shape index (κ3) is 2.66. The van der Waals surface area contributed by atoms with Crippen molar-refractivity contribution in [1.82, 2.24) is 9.80 Å². The van der Waals surface area contributed by atoms with E-state index in [1.807, 2.05) is 6.92 Å². The Morgan fingerprint density at radius 1 is 1.06 bits per heavy atom. The predicted molar refractivity (Wildman–Crippen MR) is 66.9 cm³/mol. The first kappa shape index (κ1) is 13.3. The van der Waals surface area contributed by atoms with Gasteiger partial charge < -0.3 is 14.9 Å². The minimum absolute atomic E-state index is 0.315. The van der Waals surface area contributed by atoms with Gasteiger partial charge in [0.05, 0.1) is 5.60 Å². The number of hydrogen-bond acceptors (Lipinski definition) is 3. The Morgan fingerprint density at radius 3 is 2.22 bits per heavy atom. The highest BCUT2D eigenvalue weighted by molar-refractivity contribution is 6.35. The summed E-state index contributed by atoms with van der Waals surface area (Å²) in [5, 5.41) is 10.4. The molecule has 1 saturated carbocycles. The molecule has 5 nitrogen and oxygen atoms in total. The molecule has 2 aliphatic rings. The molecule has 0 spiro atoms. The molecule has 0 aromatic carbocycles. The Hall–Kier alpha value is -1.10. The molecular formula is C13H22N2O3. The van der Waals surface area contributed by atoms with Crippen molar-refractivity contribution in [2.75, 3.05) is 26.2 Å². The first-order valence-electron chi connectivity index (χ1n) is 6.86. The van der Waals surface area contributed by atoms with Crippen molar-refractivity contribution in [1.29, 1.82) is 0 Å². The molecular weight excluding hydrogens is 232 g/mol. The van der Waals surface area contributed by atoms with E-state index >= 15 is 0 Å². The van der Waals surface area contributed by atoms with Crippen molar-refractivity contribution >= 4 is 11.8 Å². The molecule has 2 rings (SSSR count). The summed E-state index contributed by atoms with van der Waals surface area (Å²) in [6.45, 7) is 3.88. The summed E-state index contributed by atoms with van der Waals surface area (Å²) in [6, 6.07) is 0. The van der Waals surface area contributed by atoms with E-state index < -0.39 is 17.4 Å². The van der Waals surface area contributed by atoms with Crippen molar-refractivity contribution in [3.63, 3.8) is 0 Å². The zero-order valence-corrected chi connectivity index (χ0v) is 11.0. The summed E-state index contributed by atoms with van der Waals surface area (Å²) in [7, 11) is 0. The topological polar surface area (TPSA) is 60.9 Å². The Bertz CT molecular complexity index is 337. The third-order valence-electron chi connectivity index (χ3n) is 4.05. The highest BCUT2D eigenvalue weighted by Gasteiger charge is 2.38. The highest BCUT2D eigenvalue weighted by Crippen LogP contribution is 2.29. The molecule has 1 aliphatic carbocycles. The Morgan fingerprint density at radius 2 is 1.61 bits per heavy atom. The van der Waals surface area contributed by atoms with Crippen LogP contribution in [0.15, 0.2) is 0 Å². The molecule has 1 aliphatic heterocycles. The van der Waals surface area contributed by atoms with Crippen molar-refractivity contribution in [3.05, 3.63) is 0 Å². The zero-order valence-electron chi connectivity index (χ0n) is 11.0. The lowest BCUT2D eigenvalue weighted by Gasteiger charge is -2.40. The molecule has 2 amide bonds. The number of aliphatic hydroxyl groups is 1. The summed E-state index contributed by atoms with van der Waals surface area (Å²) in [5.74, 6) is -0.884. The number of β-amino-alcohol motifs (C(OH)–C–C–N with tert-alkyl or cyclic N) is 1. The first-order valence-corrected chi connectivity index (χ1v) is 6.86. The number of carbonyl (C=O) groups is 2. The SMILES string of the molecule is CCN1CCN(CC2(O)CCCCC2)C(=O)C1=O. The van der Waals surface area contributed by atoms with E-state index in [0.717, 1.165) is 32.1 Å². The van der Waals surface area contributed by atoms with E-state index in [2.05, 4.69) is 0 Å². The zero-order chi connectivity index (χ0) is 13.2. The van der Waals surface area contributed by atoms with Crippen molar-refractivity contribution < 1.29 is 14.7 Å². The van der Waals surface area contributed by atoms with E-state index in [0.29, 0.717) is 26.2 Å². The number of rotatable bonds is 3. The van der Waals surface area contributed by atoms with Crippen LogP contribution >= 0.6 is 0 Å². The van der Waals surface area contributed by atoms with E-state index in [4.69, 9.17) is 0 Å². The molecule has 0 unspecified atom stereocenters. The molecule has 1 heterocycles. The lowest BCUT2D eigenvalue weighted by atomic mass is 9.84. The fourth-order valence-corrected chi connectivity index (χ4v) is 2.89. The number of amides is 2. The Labute approximate surface area is 108 Å². The fraction of sp³-hybridized carbons (Fsp3) is 0.846. The van der Waals surface area contributed by atoms with Crippen LogP contribution in [-0.4, -0.2) is 58.5 Å². The van der Waals surface area contributed by atoms with Gasteiger partial charge in [0.15, 0.2) is 0 Å².